The summed E-state index contributed by atoms with van der Waals surface area (Å²) in [6, 6.07) is 11.7. The Morgan fingerprint density at radius 3 is 2.68 bits per heavy atom. The van der Waals surface area contributed by atoms with Gasteiger partial charge >= 0.3 is 0 Å². The summed E-state index contributed by atoms with van der Waals surface area (Å²) in [6.07, 6.45) is 2.56. The summed E-state index contributed by atoms with van der Waals surface area (Å²) in [5.74, 6) is 1.69. The van der Waals surface area contributed by atoms with E-state index in [1.54, 1.807) is 6.20 Å². The number of hydrogen-bond acceptors (Lipinski definition) is 4. The first-order valence-corrected chi connectivity index (χ1v) is 9.72. The van der Waals surface area contributed by atoms with Crippen molar-refractivity contribution in [1.29, 1.82) is 0 Å². The number of aromatic nitrogens is 1. The predicted molar refractivity (Wildman–Crippen MR) is 113 cm³/mol. The van der Waals surface area contributed by atoms with Crippen LogP contribution in [-0.4, -0.2) is 45.8 Å². The average molecular weight is 377 g/mol. The van der Waals surface area contributed by atoms with E-state index in [4.69, 9.17) is 4.99 Å². The summed E-state index contributed by atoms with van der Waals surface area (Å²) in [4.78, 5) is 24.3. The van der Waals surface area contributed by atoms with Crippen molar-refractivity contribution < 1.29 is 4.79 Å². The number of aliphatic imine (C=N–C) groups is 1. The maximum atomic E-state index is 13.0. The Morgan fingerprint density at radius 2 is 1.96 bits per heavy atom. The summed E-state index contributed by atoms with van der Waals surface area (Å²) >= 11 is 0. The Labute approximate surface area is 166 Å². The fourth-order valence-electron chi connectivity index (χ4n) is 3.78. The van der Waals surface area contributed by atoms with E-state index in [1.165, 1.54) is 0 Å². The number of likely N-dealkylation sites (tertiary alicyclic amines) is 1. The Balaban J connectivity index is 1.66. The normalized spacial score (nSPS) is 22.7. The van der Waals surface area contributed by atoms with Gasteiger partial charge in [0.25, 0.3) is 5.91 Å². The van der Waals surface area contributed by atoms with E-state index in [0.29, 0.717) is 13.1 Å². The van der Waals surface area contributed by atoms with Gasteiger partial charge in [-0.1, -0.05) is 17.7 Å². The number of rotatable bonds is 1. The molecule has 1 aromatic carbocycles. The summed E-state index contributed by atoms with van der Waals surface area (Å²) in [5.41, 5.74) is 2.15. The largest absolute Gasteiger partial charge is 0.368 e. The molecule has 6 nitrogen and oxygen atoms in total. The van der Waals surface area contributed by atoms with Gasteiger partial charge in [-0.3, -0.25) is 9.79 Å². The van der Waals surface area contributed by atoms with E-state index in [9.17, 15) is 4.79 Å². The number of amidine groups is 1. The second kappa shape index (κ2) is 6.62. The van der Waals surface area contributed by atoms with E-state index < -0.39 is 5.54 Å². The minimum Gasteiger partial charge on any atom is -0.368 e. The number of benzene rings is 1. The number of carbonyl (C=O) groups is 1. The third-order valence-electron chi connectivity index (χ3n) is 5.17. The Bertz CT molecular complexity index is 929. The Hall–Kier alpha value is -2.89. The highest BCUT2D eigenvalue weighted by atomic mass is 16.2. The van der Waals surface area contributed by atoms with Crippen LogP contribution in [0.1, 0.15) is 43.1 Å². The van der Waals surface area contributed by atoms with Crippen molar-refractivity contribution >= 4 is 23.2 Å². The van der Waals surface area contributed by atoms with Gasteiger partial charge in [0.1, 0.15) is 11.4 Å². The molecule has 0 bridgehead atoms. The number of hydrogen-bond donors (Lipinski definition) is 2. The van der Waals surface area contributed by atoms with Crippen molar-refractivity contribution in [2.45, 2.75) is 45.2 Å². The number of aryl methyl sites for hydroxylation is 1. The molecule has 1 fully saturated rings. The Morgan fingerprint density at radius 1 is 1.21 bits per heavy atom. The summed E-state index contributed by atoms with van der Waals surface area (Å²) < 4.78 is 0. The maximum Gasteiger partial charge on any atom is 0.253 e. The molecule has 2 aromatic rings. The van der Waals surface area contributed by atoms with E-state index in [0.717, 1.165) is 34.9 Å². The van der Waals surface area contributed by atoms with Gasteiger partial charge in [0.15, 0.2) is 5.82 Å². The highest BCUT2D eigenvalue weighted by molar-refractivity contribution is 6.10. The summed E-state index contributed by atoms with van der Waals surface area (Å²) in [7, 11) is 0. The molecular weight excluding hydrogens is 350 g/mol. The molecule has 2 aliphatic rings. The van der Waals surface area contributed by atoms with E-state index >= 15 is 0 Å². The molecule has 1 spiro atoms. The van der Waals surface area contributed by atoms with Crippen LogP contribution >= 0.6 is 0 Å². The minimum absolute atomic E-state index is 0.0609. The van der Waals surface area contributed by atoms with Gasteiger partial charge in [0, 0.05) is 18.3 Å². The molecule has 6 heteroatoms. The van der Waals surface area contributed by atoms with Gasteiger partial charge in [-0.25, -0.2) is 4.98 Å². The molecule has 4 rings (SSSR count). The number of fused-ring (bicyclic) bond motifs is 1. The third kappa shape index (κ3) is 3.46. The standard InChI is InChI=1S/C22H27N5O/c1-15-7-9-16(10-8-15)19(28)27-13-11-22(14-27)20(26-21(2,3)4)24-18-17(25-22)6-5-12-23-18/h5-10,12,25H,11,13-14H2,1-4H3,(H,23,24,26). The first-order valence-electron chi connectivity index (χ1n) is 9.72. The topological polar surface area (TPSA) is 69.6 Å². The van der Waals surface area contributed by atoms with E-state index in [2.05, 4.69) is 36.4 Å². The number of anilines is 2. The van der Waals surface area contributed by atoms with Crippen LogP contribution in [0.4, 0.5) is 11.5 Å². The molecule has 2 N–H and O–H groups in total. The molecule has 28 heavy (non-hydrogen) atoms. The van der Waals surface area contributed by atoms with Crippen LogP contribution in [0.25, 0.3) is 0 Å². The van der Waals surface area contributed by atoms with Crippen LogP contribution in [-0.2, 0) is 0 Å². The average Bonchev–Trinajstić information content (AvgIpc) is 3.06. The van der Waals surface area contributed by atoms with Crippen LogP contribution in [0.15, 0.2) is 47.6 Å². The van der Waals surface area contributed by atoms with Crippen LogP contribution in [0.3, 0.4) is 0 Å². The van der Waals surface area contributed by atoms with Crippen LogP contribution in [0.5, 0.6) is 0 Å². The first-order chi connectivity index (χ1) is 13.3. The second-order valence-electron chi connectivity index (χ2n) is 8.71. The quantitative estimate of drug-likeness (QED) is 0.795. The van der Waals surface area contributed by atoms with Gasteiger partial charge in [0.2, 0.25) is 0 Å². The molecule has 146 valence electrons. The van der Waals surface area contributed by atoms with Gasteiger partial charge in [-0.15, -0.1) is 0 Å². The first kappa shape index (κ1) is 18.5. The smallest absolute Gasteiger partial charge is 0.253 e. The van der Waals surface area contributed by atoms with Crippen molar-refractivity contribution in [3.05, 3.63) is 53.7 Å². The fourth-order valence-corrected chi connectivity index (χ4v) is 3.78. The molecule has 1 amide bonds. The highest BCUT2D eigenvalue weighted by Crippen LogP contribution is 2.36. The van der Waals surface area contributed by atoms with Crippen LogP contribution in [0, 0.1) is 6.92 Å². The lowest BCUT2D eigenvalue weighted by molar-refractivity contribution is 0.0789. The van der Waals surface area contributed by atoms with Gasteiger partial charge in [-0.05, 0) is 58.4 Å². The minimum atomic E-state index is -0.427. The molecule has 3 heterocycles. The summed E-state index contributed by atoms with van der Waals surface area (Å²) in [6.45, 7) is 9.50. The molecule has 2 aliphatic heterocycles. The van der Waals surface area contributed by atoms with Crippen molar-refractivity contribution in [2.75, 3.05) is 23.7 Å². The second-order valence-corrected chi connectivity index (χ2v) is 8.71. The van der Waals surface area contributed by atoms with Crippen molar-refractivity contribution in [1.82, 2.24) is 9.88 Å². The van der Waals surface area contributed by atoms with E-state index in [1.807, 2.05) is 48.2 Å². The Kier molecular flexibility index (Phi) is 4.37. The molecule has 0 saturated carbocycles. The molecule has 1 saturated heterocycles. The number of nitrogens with one attached hydrogen (secondary N) is 2. The molecular formula is C22H27N5O. The van der Waals surface area contributed by atoms with Crippen molar-refractivity contribution in [3.63, 3.8) is 0 Å². The van der Waals surface area contributed by atoms with E-state index in [-0.39, 0.29) is 11.4 Å². The van der Waals surface area contributed by atoms with Crippen molar-refractivity contribution in [3.8, 4) is 0 Å². The lowest BCUT2D eigenvalue weighted by Gasteiger charge is -2.39. The lowest BCUT2D eigenvalue weighted by Crippen LogP contribution is -2.55. The third-order valence-corrected chi connectivity index (χ3v) is 5.17. The van der Waals surface area contributed by atoms with Crippen molar-refractivity contribution in [2.24, 2.45) is 4.99 Å². The SMILES string of the molecule is Cc1ccc(C(=O)N2CCC3(C2)Nc2cccnc2NC3=NC(C)(C)C)cc1. The highest BCUT2D eigenvalue weighted by Gasteiger charge is 2.47. The molecule has 1 aromatic heterocycles. The number of pyridine rings is 1. The zero-order chi connectivity index (χ0) is 19.9. The molecule has 0 aliphatic carbocycles. The van der Waals surface area contributed by atoms with Gasteiger partial charge in [0.05, 0.1) is 17.8 Å². The number of amides is 1. The maximum absolute atomic E-state index is 13.0. The zero-order valence-electron chi connectivity index (χ0n) is 16.9. The monoisotopic (exact) mass is 377 g/mol. The molecule has 0 radical (unpaired) electrons. The lowest BCUT2D eigenvalue weighted by atomic mass is 9.93. The van der Waals surface area contributed by atoms with Crippen LogP contribution < -0.4 is 10.6 Å². The molecule has 1 unspecified atom stereocenters. The van der Waals surface area contributed by atoms with Gasteiger partial charge in [-0.2, -0.15) is 0 Å². The summed E-state index contributed by atoms with van der Waals surface area (Å²) in [5, 5.41) is 7.07. The number of nitrogens with zero attached hydrogens (tertiary/aromatic N) is 3. The fraction of sp³-hybridized carbons (Fsp3) is 0.409. The van der Waals surface area contributed by atoms with Gasteiger partial charge < -0.3 is 15.5 Å². The van der Waals surface area contributed by atoms with Crippen LogP contribution in [0.2, 0.25) is 0 Å². The number of carbonyl (C=O) groups excluding carboxylic acids is 1. The molecule has 1 atom stereocenters. The predicted octanol–water partition coefficient (Wildman–Crippen LogP) is 3.71. The zero-order valence-corrected chi connectivity index (χ0v) is 16.9.